The van der Waals surface area contributed by atoms with Crippen molar-refractivity contribution in [3.63, 3.8) is 0 Å². The fraction of sp³-hybridized carbons (Fsp3) is 1.00. The third-order valence-corrected chi connectivity index (χ3v) is 5.50. The lowest BCUT2D eigenvalue weighted by Crippen LogP contribution is -2.47. The van der Waals surface area contributed by atoms with E-state index in [1.807, 2.05) is 0 Å². The van der Waals surface area contributed by atoms with E-state index in [0.717, 1.165) is 17.8 Å². The monoisotopic (exact) mass is 266 g/mol. The molecule has 1 saturated heterocycles. The van der Waals surface area contributed by atoms with E-state index >= 15 is 0 Å². The standard InChI is InChI=1S/C17H34N2/c1-13-6-5-9-19(11-13)12-14-10-15(17(2,3)4)7-8-16(14)18/h13-16H,5-12,18H2,1-4H3. The van der Waals surface area contributed by atoms with Crippen molar-refractivity contribution < 1.29 is 0 Å². The molecule has 2 nitrogen and oxygen atoms in total. The molecule has 2 fully saturated rings. The van der Waals surface area contributed by atoms with E-state index in [1.165, 1.54) is 51.7 Å². The lowest BCUT2D eigenvalue weighted by Gasteiger charge is -2.43. The second-order valence-electron chi connectivity index (χ2n) is 8.31. The van der Waals surface area contributed by atoms with E-state index in [0.29, 0.717) is 11.5 Å². The molecule has 2 N–H and O–H groups in total. The number of piperidine rings is 1. The van der Waals surface area contributed by atoms with Crippen LogP contribution in [0.4, 0.5) is 0 Å². The maximum absolute atomic E-state index is 6.41. The van der Waals surface area contributed by atoms with E-state index in [4.69, 9.17) is 5.73 Å². The predicted octanol–water partition coefficient (Wildman–Crippen LogP) is 3.51. The summed E-state index contributed by atoms with van der Waals surface area (Å²) in [5.74, 6) is 2.47. The molecule has 4 atom stereocenters. The Morgan fingerprint density at radius 3 is 2.53 bits per heavy atom. The van der Waals surface area contributed by atoms with Crippen molar-refractivity contribution in [1.29, 1.82) is 0 Å². The number of nitrogens with zero attached hydrogens (tertiary/aromatic N) is 1. The summed E-state index contributed by atoms with van der Waals surface area (Å²) in [7, 11) is 0. The van der Waals surface area contributed by atoms with Crippen molar-refractivity contribution in [2.24, 2.45) is 28.9 Å². The zero-order valence-electron chi connectivity index (χ0n) is 13.5. The number of rotatable bonds is 2. The van der Waals surface area contributed by atoms with Crippen molar-refractivity contribution >= 4 is 0 Å². The summed E-state index contributed by atoms with van der Waals surface area (Å²) in [6.07, 6.45) is 6.70. The molecule has 19 heavy (non-hydrogen) atoms. The Hall–Kier alpha value is -0.0800. The van der Waals surface area contributed by atoms with Gasteiger partial charge in [-0.1, -0.05) is 27.7 Å². The molecule has 2 rings (SSSR count). The Labute approximate surface area is 120 Å². The molecule has 112 valence electrons. The summed E-state index contributed by atoms with van der Waals surface area (Å²) in [6, 6.07) is 0.441. The van der Waals surface area contributed by atoms with Gasteiger partial charge < -0.3 is 10.6 Å². The molecule has 2 aliphatic rings. The summed E-state index contributed by atoms with van der Waals surface area (Å²) >= 11 is 0. The summed E-state index contributed by atoms with van der Waals surface area (Å²) in [6.45, 7) is 13.4. The van der Waals surface area contributed by atoms with Crippen LogP contribution in [0, 0.1) is 23.2 Å². The van der Waals surface area contributed by atoms with Gasteiger partial charge in [-0.25, -0.2) is 0 Å². The number of nitrogens with two attached hydrogens (primary N) is 1. The summed E-state index contributed by atoms with van der Waals surface area (Å²) in [5.41, 5.74) is 6.86. The SMILES string of the molecule is CC1CCCN(CC2CC(C(C)(C)C)CCC2N)C1. The van der Waals surface area contributed by atoms with Crippen LogP contribution >= 0.6 is 0 Å². The Kier molecular flexibility index (Phi) is 4.94. The first-order chi connectivity index (χ1) is 8.86. The third kappa shape index (κ3) is 4.19. The molecule has 0 aromatic carbocycles. The quantitative estimate of drug-likeness (QED) is 0.829. The highest BCUT2D eigenvalue weighted by Crippen LogP contribution is 2.40. The second kappa shape index (κ2) is 6.13. The van der Waals surface area contributed by atoms with E-state index < -0.39 is 0 Å². The van der Waals surface area contributed by atoms with Crippen LogP contribution in [0.15, 0.2) is 0 Å². The third-order valence-electron chi connectivity index (χ3n) is 5.50. The Morgan fingerprint density at radius 1 is 1.16 bits per heavy atom. The van der Waals surface area contributed by atoms with Crippen LogP contribution in [0.1, 0.15) is 59.8 Å². The van der Waals surface area contributed by atoms with E-state index in [-0.39, 0.29) is 0 Å². The zero-order valence-corrected chi connectivity index (χ0v) is 13.5. The van der Waals surface area contributed by atoms with Gasteiger partial charge in [0.05, 0.1) is 0 Å². The van der Waals surface area contributed by atoms with Gasteiger partial charge >= 0.3 is 0 Å². The zero-order chi connectivity index (χ0) is 14.0. The average molecular weight is 266 g/mol. The van der Waals surface area contributed by atoms with Gasteiger partial charge in [-0.05, 0) is 61.8 Å². The van der Waals surface area contributed by atoms with Crippen molar-refractivity contribution in [3.05, 3.63) is 0 Å². The van der Waals surface area contributed by atoms with Gasteiger partial charge in [0.1, 0.15) is 0 Å². The molecular weight excluding hydrogens is 232 g/mol. The van der Waals surface area contributed by atoms with Crippen LogP contribution in [-0.4, -0.2) is 30.6 Å². The van der Waals surface area contributed by atoms with Gasteiger partial charge in [0, 0.05) is 19.1 Å². The van der Waals surface area contributed by atoms with E-state index in [9.17, 15) is 0 Å². The maximum Gasteiger partial charge on any atom is 0.00795 e. The van der Waals surface area contributed by atoms with Crippen molar-refractivity contribution in [3.8, 4) is 0 Å². The minimum Gasteiger partial charge on any atom is -0.327 e. The number of hydrogen-bond donors (Lipinski definition) is 1. The van der Waals surface area contributed by atoms with Crippen LogP contribution in [0.2, 0.25) is 0 Å². The Balaban J connectivity index is 1.90. The summed E-state index contributed by atoms with van der Waals surface area (Å²) < 4.78 is 0. The fourth-order valence-electron chi connectivity index (χ4n) is 4.07. The molecule has 0 aromatic rings. The highest BCUT2D eigenvalue weighted by molar-refractivity contribution is 4.89. The highest BCUT2D eigenvalue weighted by atomic mass is 15.1. The number of hydrogen-bond acceptors (Lipinski definition) is 2. The molecule has 0 radical (unpaired) electrons. The fourth-order valence-corrected chi connectivity index (χ4v) is 4.07. The lowest BCUT2D eigenvalue weighted by atomic mass is 9.67. The van der Waals surface area contributed by atoms with Crippen molar-refractivity contribution in [1.82, 2.24) is 4.90 Å². The largest absolute Gasteiger partial charge is 0.327 e. The Morgan fingerprint density at radius 2 is 1.89 bits per heavy atom. The van der Waals surface area contributed by atoms with Gasteiger partial charge in [0.15, 0.2) is 0 Å². The minimum atomic E-state index is 0.441. The van der Waals surface area contributed by atoms with Gasteiger partial charge in [-0.15, -0.1) is 0 Å². The minimum absolute atomic E-state index is 0.441. The summed E-state index contributed by atoms with van der Waals surface area (Å²) in [4.78, 5) is 2.68. The number of likely N-dealkylation sites (tertiary alicyclic amines) is 1. The van der Waals surface area contributed by atoms with Crippen LogP contribution < -0.4 is 5.73 Å². The maximum atomic E-state index is 6.41. The molecule has 0 aromatic heterocycles. The first kappa shape index (κ1) is 15.3. The van der Waals surface area contributed by atoms with Crippen LogP contribution in [-0.2, 0) is 0 Å². The first-order valence-corrected chi connectivity index (χ1v) is 8.34. The van der Waals surface area contributed by atoms with Gasteiger partial charge in [-0.2, -0.15) is 0 Å². The van der Waals surface area contributed by atoms with Crippen LogP contribution in [0.25, 0.3) is 0 Å². The van der Waals surface area contributed by atoms with Crippen LogP contribution in [0.3, 0.4) is 0 Å². The average Bonchev–Trinajstić information content (AvgIpc) is 2.30. The van der Waals surface area contributed by atoms with Crippen molar-refractivity contribution in [2.75, 3.05) is 19.6 Å². The predicted molar refractivity (Wildman–Crippen MR) is 83.1 cm³/mol. The van der Waals surface area contributed by atoms with Gasteiger partial charge in [-0.3, -0.25) is 0 Å². The molecule has 4 unspecified atom stereocenters. The first-order valence-electron chi connectivity index (χ1n) is 8.34. The lowest BCUT2D eigenvalue weighted by molar-refractivity contribution is 0.0837. The van der Waals surface area contributed by atoms with E-state index in [1.54, 1.807) is 0 Å². The van der Waals surface area contributed by atoms with Crippen molar-refractivity contribution in [2.45, 2.75) is 65.8 Å². The molecule has 2 heteroatoms. The summed E-state index contributed by atoms with van der Waals surface area (Å²) in [5, 5.41) is 0. The molecule has 1 aliphatic carbocycles. The van der Waals surface area contributed by atoms with E-state index in [2.05, 4.69) is 32.6 Å². The Bertz CT molecular complexity index is 281. The smallest absolute Gasteiger partial charge is 0.00795 e. The molecule has 1 saturated carbocycles. The van der Waals surface area contributed by atoms with Gasteiger partial charge in [0.2, 0.25) is 0 Å². The molecular formula is C17H34N2. The molecule has 1 heterocycles. The molecule has 0 spiro atoms. The second-order valence-corrected chi connectivity index (χ2v) is 8.31. The van der Waals surface area contributed by atoms with Crippen LogP contribution in [0.5, 0.6) is 0 Å². The van der Waals surface area contributed by atoms with Gasteiger partial charge in [0.25, 0.3) is 0 Å². The molecule has 1 aliphatic heterocycles. The normalized spacial score (nSPS) is 38.4. The molecule has 0 bridgehead atoms. The molecule has 0 amide bonds. The highest BCUT2D eigenvalue weighted by Gasteiger charge is 2.35. The topological polar surface area (TPSA) is 29.3 Å².